The number of aromatic nitrogens is 2. The van der Waals surface area contributed by atoms with Gasteiger partial charge in [0.25, 0.3) is 11.8 Å². The summed E-state index contributed by atoms with van der Waals surface area (Å²) < 4.78 is 2.09. The molecule has 37 heavy (non-hydrogen) atoms. The first-order valence-corrected chi connectivity index (χ1v) is 14.4. The van der Waals surface area contributed by atoms with Gasteiger partial charge in [0.05, 0.1) is 16.5 Å². The van der Waals surface area contributed by atoms with Crippen LogP contribution in [0.5, 0.6) is 0 Å². The van der Waals surface area contributed by atoms with Crippen LogP contribution in [-0.2, 0) is 38.6 Å². The molecular formula is C23H24N6O5S3. The number of oxime groups is 1. The summed E-state index contributed by atoms with van der Waals surface area (Å²) >= 11 is 4.22. The molecule has 11 nitrogen and oxygen atoms in total. The lowest BCUT2D eigenvalue weighted by atomic mass is 10.0. The number of carbonyl (C=O) groups is 3. The number of thioether (sulfide) groups is 1. The minimum absolute atomic E-state index is 0.0684. The first-order chi connectivity index (χ1) is 17.9. The van der Waals surface area contributed by atoms with E-state index in [1.165, 1.54) is 33.3 Å². The van der Waals surface area contributed by atoms with Crippen LogP contribution in [0.2, 0.25) is 0 Å². The molecule has 0 bridgehead atoms. The van der Waals surface area contributed by atoms with Gasteiger partial charge in [-0.15, -0.1) is 23.1 Å². The first kappa shape index (κ1) is 25.4. The van der Waals surface area contributed by atoms with Crippen molar-refractivity contribution >= 4 is 63.1 Å². The van der Waals surface area contributed by atoms with Gasteiger partial charge in [-0.3, -0.25) is 14.5 Å². The lowest BCUT2D eigenvalue weighted by Gasteiger charge is -2.50. The van der Waals surface area contributed by atoms with Crippen molar-refractivity contribution in [3.05, 3.63) is 51.1 Å². The number of aliphatic carboxylic acids is 1. The van der Waals surface area contributed by atoms with Crippen LogP contribution in [0.3, 0.4) is 0 Å². The number of nitrogens with two attached hydrogens (primary N) is 1. The van der Waals surface area contributed by atoms with E-state index in [9.17, 15) is 19.5 Å². The third-order valence-corrected chi connectivity index (χ3v) is 9.37. The van der Waals surface area contributed by atoms with Gasteiger partial charge >= 0.3 is 0 Å². The number of nitrogen functional groups attached to an aromatic ring is 1. The molecule has 2 amide bonds. The van der Waals surface area contributed by atoms with Crippen LogP contribution in [0.4, 0.5) is 5.13 Å². The van der Waals surface area contributed by atoms with E-state index in [1.807, 2.05) is 5.51 Å². The molecule has 4 heterocycles. The van der Waals surface area contributed by atoms with Gasteiger partial charge in [-0.2, -0.15) is 4.57 Å². The maximum atomic E-state index is 13.1. The monoisotopic (exact) mass is 560 g/mol. The molecule has 0 unspecified atom stereocenters. The summed E-state index contributed by atoms with van der Waals surface area (Å²) in [5, 5.41) is 19.9. The number of β-lactam (4-membered cyclic amide) rings is 1. The van der Waals surface area contributed by atoms with Gasteiger partial charge in [0, 0.05) is 23.1 Å². The van der Waals surface area contributed by atoms with Gasteiger partial charge in [0.15, 0.2) is 23.1 Å². The molecule has 14 heteroatoms. The third kappa shape index (κ3) is 4.88. The minimum Gasteiger partial charge on any atom is -0.543 e. The van der Waals surface area contributed by atoms with E-state index < -0.39 is 29.2 Å². The predicted molar refractivity (Wildman–Crippen MR) is 137 cm³/mol. The Morgan fingerprint density at radius 3 is 2.92 bits per heavy atom. The highest BCUT2D eigenvalue weighted by atomic mass is 32.2. The van der Waals surface area contributed by atoms with E-state index in [0.29, 0.717) is 17.9 Å². The maximum absolute atomic E-state index is 13.1. The Labute approximate surface area is 224 Å². The zero-order valence-electron chi connectivity index (χ0n) is 19.7. The highest BCUT2D eigenvalue weighted by molar-refractivity contribution is 8.00. The molecule has 3 aliphatic rings. The largest absolute Gasteiger partial charge is 0.543 e. The summed E-state index contributed by atoms with van der Waals surface area (Å²) in [6.07, 6.45) is 5.74. The van der Waals surface area contributed by atoms with Crippen molar-refractivity contribution in [1.82, 2.24) is 15.2 Å². The fourth-order valence-electron chi connectivity index (χ4n) is 4.58. The summed E-state index contributed by atoms with van der Waals surface area (Å²) in [5.74, 6) is -2.21. The quantitative estimate of drug-likeness (QED) is 0.108. The molecule has 0 aromatic carbocycles. The van der Waals surface area contributed by atoms with Crippen LogP contribution in [0.1, 0.15) is 29.1 Å². The SMILES string of the molecule is C=CCO/N=C(\C(=O)N[C@@H]1C(=O)N2C(C(=O)[O-])=C(C[n+]3csc4c3CCCC4)CS[C@@H]12)c1csc(N)n1. The van der Waals surface area contributed by atoms with Crippen LogP contribution >= 0.6 is 34.4 Å². The first-order valence-electron chi connectivity index (χ1n) is 11.6. The molecule has 194 valence electrons. The number of nitrogens with zero attached hydrogens (tertiary/aromatic N) is 4. The van der Waals surface area contributed by atoms with Crippen molar-refractivity contribution < 1.29 is 28.9 Å². The number of amides is 2. The zero-order valence-corrected chi connectivity index (χ0v) is 22.1. The Balaban J connectivity index is 1.34. The molecule has 0 saturated carbocycles. The average molecular weight is 561 g/mol. The second kappa shape index (κ2) is 10.6. The number of hydrogen-bond acceptors (Lipinski definition) is 11. The average Bonchev–Trinajstić information content (AvgIpc) is 3.50. The van der Waals surface area contributed by atoms with Crippen molar-refractivity contribution in [3.8, 4) is 0 Å². The molecule has 5 rings (SSSR count). The summed E-state index contributed by atoms with van der Waals surface area (Å²) in [4.78, 5) is 50.0. The lowest BCUT2D eigenvalue weighted by molar-refractivity contribution is -0.692. The van der Waals surface area contributed by atoms with E-state index in [-0.39, 0.29) is 28.8 Å². The van der Waals surface area contributed by atoms with Crippen LogP contribution in [0.15, 0.2) is 40.0 Å². The Morgan fingerprint density at radius 2 is 2.19 bits per heavy atom. The smallest absolute Gasteiger partial charge is 0.276 e. The summed E-state index contributed by atoms with van der Waals surface area (Å²) in [6, 6.07) is -0.935. The van der Waals surface area contributed by atoms with E-state index in [4.69, 9.17) is 10.6 Å². The molecule has 1 aliphatic carbocycles. The highest BCUT2D eigenvalue weighted by Crippen LogP contribution is 2.40. The topological polar surface area (TPSA) is 154 Å². The number of carboxylic acids is 1. The number of fused-ring (bicyclic) bond motifs is 2. The molecule has 0 radical (unpaired) electrons. The van der Waals surface area contributed by atoms with Crippen LogP contribution in [-0.4, -0.2) is 57.2 Å². The Hall–Kier alpha value is -3.23. The van der Waals surface area contributed by atoms with Crippen molar-refractivity contribution in [3.63, 3.8) is 0 Å². The Kier molecular flexibility index (Phi) is 7.31. The van der Waals surface area contributed by atoms with Crippen LogP contribution < -0.4 is 20.7 Å². The van der Waals surface area contributed by atoms with E-state index in [0.717, 1.165) is 37.0 Å². The van der Waals surface area contributed by atoms with E-state index in [1.54, 1.807) is 16.7 Å². The molecule has 1 fully saturated rings. The van der Waals surface area contributed by atoms with Crippen LogP contribution in [0.25, 0.3) is 0 Å². The van der Waals surface area contributed by atoms with Crippen molar-refractivity contribution in [2.45, 2.75) is 43.6 Å². The molecule has 1 saturated heterocycles. The molecule has 2 aromatic heterocycles. The third-order valence-electron chi connectivity index (χ3n) is 6.27. The number of thiazole rings is 2. The number of carboxylic acid groups (broad SMARTS) is 1. The van der Waals surface area contributed by atoms with Crippen molar-refractivity contribution in [1.29, 1.82) is 0 Å². The van der Waals surface area contributed by atoms with Crippen molar-refractivity contribution in [2.75, 3.05) is 18.1 Å². The lowest BCUT2D eigenvalue weighted by Crippen LogP contribution is -2.71. The van der Waals surface area contributed by atoms with Crippen molar-refractivity contribution in [2.24, 2.45) is 5.16 Å². The molecule has 3 N–H and O–H groups in total. The standard InChI is InChI=1S/C23H24N6O5S3/c1-2-7-34-27-16(13-10-36-23(24)25-13)19(30)26-17-20(31)29-18(22(32)33)12(9-35-21(17)29)8-28-11-37-15-6-4-3-5-14(15)28/h2,10-11,17,21H,1,3-9H2,(H3-,24,25,26,30,32,33)/b27-16-/t17-,21+/m1/s1. The van der Waals surface area contributed by atoms with Gasteiger partial charge in [-0.05, 0) is 19.3 Å². The number of hydrogen-bond donors (Lipinski definition) is 2. The minimum atomic E-state index is -1.40. The summed E-state index contributed by atoms with van der Waals surface area (Å²) in [6.45, 7) is 3.99. The van der Waals surface area contributed by atoms with Gasteiger partial charge in [0.2, 0.25) is 5.51 Å². The second-order valence-electron chi connectivity index (χ2n) is 8.62. The molecule has 2 atom stereocenters. The second-order valence-corrected chi connectivity index (χ2v) is 11.6. The normalized spacial score (nSPS) is 21.1. The van der Waals surface area contributed by atoms with E-state index in [2.05, 4.69) is 26.6 Å². The van der Waals surface area contributed by atoms with Gasteiger partial charge in [0.1, 0.15) is 23.7 Å². The Bertz CT molecular complexity index is 1330. The van der Waals surface area contributed by atoms with E-state index >= 15 is 0 Å². The number of rotatable bonds is 9. The molecule has 2 aliphatic heterocycles. The van der Waals surface area contributed by atoms with Gasteiger partial charge < -0.3 is 25.8 Å². The Morgan fingerprint density at radius 1 is 1.38 bits per heavy atom. The fraction of sp³-hybridized carbons (Fsp3) is 0.391. The number of aryl methyl sites for hydroxylation is 1. The van der Waals surface area contributed by atoms with Gasteiger partial charge in [-0.1, -0.05) is 29.1 Å². The molecular weight excluding hydrogens is 536 g/mol. The van der Waals surface area contributed by atoms with Crippen LogP contribution in [0, 0.1) is 0 Å². The highest BCUT2D eigenvalue weighted by Gasteiger charge is 2.53. The number of anilines is 1. The zero-order chi connectivity index (χ0) is 26.1. The predicted octanol–water partition coefficient (Wildman–Crippen LogP) is -0.0361. The number of carbonyl (C=O) groups excluding carboxylic acids is 3. The van der Waals surface area contributed by atoms with Gasteiger partial charge in [-0.25, -0.2) is 4.98 Å². The maximum Gasteiger partial charge on any atom is 0.276 e. The molecule has 2 aromatic rings. The summed E-state index contributed by atoms with van der Waals surface area (Å²) in [7, 11) is 0. The summed E-state index contributed by atoms with van der Waals surface area (Å²) in [5.41, 5.74) is 9.52. The fourth-order valence-corrected chi connectivity index (χ4v) is 7.54. The molecule has 0 spiro atoms. The number of nitrogens with one attached hydrogen (secondary N) is 1.